The minimum atomic E-state index is -0.473. The predicted molar refractivity (Wildman–Crippen MR) is 68.0 cm³/mol. The van der Waals surface area contributed by atoms with Gasteiger partial charge in [-0.25, -0.2) is 4.39 Å². The summed E-state index contributed by atoms with van der Waals surface area (Å²) < 4.78 is 18.1. The van der Waals surface area contributed by atoms with Crippen LogP contribution in [0.15, 0.2) is 18.2 Å². The fourth-order valence-corrected chi connectivity index (χ4v) is 2.62. The van der Waals surface area contributed by atoms with Gasteiger partial charge < -0.3 is 9.84 Å². The lowest BCUT2D eigenvalue weighted by atomic mass is 9.93. The third-order valence-electron chi connectivity index (χ3n) is 3.58. The van der Waals surface area contributed by atoms with Crippen molar-refractivity contribution in [3.8, 4) is 0 Å². The Labute approximate surface area is 107 Å². The van der Waals surface area contributed by atoms with Gasteiger partial charge in [0.25, 0.3) is 0 Å². The van der Waals surface area contributed by atoms with Crippen LogP contribution in [0.2, 0.25) is 0 Å². The highest BCUT2D eigenvalue weighted by Crippen LogP contribution is 2.29. The molecule has 0 radical (unpaired) electrons. The van der Waals surface area contributed by atoms with E-state index in [2.05, 4.69) is 11.8 Å². The van der Waals surface area contributed by atoms with Crippen LogP contribution in [-0.4, -0.2) is 42.9 Å². The molecule has 0 aliphatic carbocycles. The minimum absolute atomic E-state index is 0.172. The molecule has 3 nitrogen and oxygen atoms in total. The SMILES string of the molecule is COC[C@@H](O)CN1CCc2cc(F)ccc2[C@@H]1C. The molecule has 2 atom stereocenters. The number of halogens is 1. The lowest BCUT2D eigenvalue weighted by Crippen LogP contribution is -2.40. The Hall–Kier alpha value is -0.970. The normalized spacial score (nSPS) is 21.7. The second-order valence-electron chi connectivity index (χ2n) is 4.87. The summed E-state index contributed by atoms with van der Waals surface area (Å²) in [5.74, 6) is -0.172. The smallest absolute Gasteiger partial charge is 0.123 e. The van der Waals surface area contributed by atoms with E-state index in [1.807, 2.05) is 6.07 Å². The first-order chi connectivity index (χ1) is 8.61. The highest BCUT2D eigenvalue weighted by atomic mass is 19.1. The largest absolute Gasteiger partial charge is 0.389 e. The Balaban J connectivity index is 2.08. The van der Waals surface area contributed by atoms with E-state index in [0.29, 0.717) is 13.2 Å². The lowest BCUT2D eigenvalue weighted by molar-refractivity contribution is 0.0263. The van der Waals surface area contributed by atoms with Crippen molar-refractivity contribution in [3.05, 3.63) is 35.1 Å². The van der Waals surface area contributed by atoms with Crippen LogP contribution in [0.1, 0.15) is 24.1 Å². The molecule has 1 aromatic carbocycles. The number of aliphatic hydroxyl groups is 1. The number of nitrogens with zero attached hydrogens (tertiary/aromatic N) is 1. The quantitative estimate of drug-likeness (QED) is 0.887. The Morgan fingerprint density at radius 3 is 3.06 bits per heavy atom. The first-order valence-corrected chi connectivity index (χ1v) is 6.31. The second kappa shape index (κ2) is 5.78. The van der Waals surface area contributed by atoms with E-state index in [-0.39, 0.29) is 11.9 Å². The monoisotopic (exact) mass is 253 g/mol. The molecule has 0 amide bonds. The molecule has 0 aromatic heterocycles. The standard InChI is InChI=1S/C14H20FNO2/c1-10-14-4-3-12(15)7-11(14)5-6-16(10)8-13(17)9-18-2/h3-4,7,10,13,17H,5-6,8-9H2,1-2H3/t10-,13-/m0/s1. The maximum atomic E-state index is 13.2. The molecular weight excluding hydrogens is 233 g/mol. The van der Waals surface area contributed by atoms with Crippen molar-refractivity contribution in [1.29, 1.82) is 0 Å². The maximum absolute atomic E-state index is 13.2. The van der Waals surface area contributed by atoms with E-state index in [9.17, 15) is 9.50 Å². The molecule has 1 heterocycles. The van der Waals surface area contributed by atoms with Crippen LogP contribution < -0.4 is 0 Å². The summed E-state index contributed by atoms with van der Waals surface area (Å²) in [7, 11) is 1.58. The number of aliphatic hydroxyl groups excluding tert-OH is 1. The van der Waals surface area contributed by atoms with E-state index in [1.165, 1.54) is 6.07 Å². The molecule has 0 fully saturated rings. The Morgan fingerprint density at radius 2 is 2.33 bits per heavy atom. The maximum Gasteiger partial charge on any atom is 0.123 e. The number of ether oxygens (including phenoxy) is 1. The van der Waals surface area contributed by atoms with E-state index < -0.39 is 6.10 Å². The highest BCUT2D eigenvalue weighted by molar-refractivity contribution is 5.32. The molecular formula is C14H20FNO2. The predicted octanol–water partition coefficient (Wildman–Crippen LogP) is 1.75. The van der Waals surface area contributed by atoms with Crippen LogP contribution in [-0.2, 0) is 11.2 Å². The van der Waals surface area contributed by atoms with Crippen LogP contribution in [0.25, 0.3) is 0 Å². The number of benzene rings is 1. The zero-order valence-corrected chi connectivity index (χ0v) is 10.9. The van der Waals surface area contributed by atoms with E-state index in [0.717, 1.165) is 24.1 Å². The van der Waals surface area contributed by atoms with Gasteiger partial charge in [0.1, 0.15) is 5.82 Å². The zero-order valence-electron chi connectivity index (χ0n) is 10.9. The topological polar surface area (TPSA) is 32.7 Å². The molecule has 1 N–H and O–H groups in total. The van der Waals surface area contributed by atoms with Gasteiger partial charge in [-0.15, -0.1) is 0 Å². The fraction of sp³-hybridized carbons (Fsp3) is 0.571. The van der Waals surface area contributed by atoms with Gasteiger partial charge in [0, 0.05) is 26.2 Å². The first kappa shape index (κ1) is 13.5. The molecule has 4 heteroatoms. The molecule has 0 saturated heterocycles. The van der Waals surface area contributed by atoms with Crippen LogP contribution >= 0.6 is 0 Å². The summed E-state index contributed by atoms with van der Waals surface area (Å²) >= 11 is 0. The third kappa shape index (κ3) is 2.88. The molecule has 100 valence electrons. The molecule has 2 rings (SSSR count). The van der Waals surface area contributed by atoms with E-state index >= 15 is 0 Å². The van der Waals surface area contributed by atoms with Crippen molar-refractivity contribution in [2.45, 2.75) is 25.5 Å². The second-order valence-corrected chi connectivity index (χ2v) is 4.87. The molecule has 1 aliphatic heterocycles. The van der Waals surface area contributed by atoms with Gasteiger partial charge in [-0.1, -0.05) is 6.07 Å². The van der Waals surface area contributed by atoms with Crippen molar-refractivity contribution in [2.24, 2.45) is 0 Å². The summed E-state index contributed by atoms with van der Waals surface area (Å²) in [6.07, 6.45) is 0.358. The molecule has 0 saturated carbocycles. The number of hydrogen-bond acceptors (Lipinski definition) is 3. The van der Waals surface area contributed by atoms with Crippen molar-refractivity contribution >= 4 is 0 Å². The molecule has 1 aliphatic rings. The first-order valence-electron chi connectivity index (χ1n) is 6.31. The fourth-order valence-electron chi connectivity index (χ4n) is 2.62. The van der Waals surface area contributed by atoms with Gasteiger partial charge in [-0.3, -0.25) is 4.90 Å². The Morgan fingerprint density at radius 1 is 1.56 bits per heavy atom. The zero-order chi connectivity index (χ0) is 13.1. The molecule has 18 heavy (non-hydrogen) atoms. The molecule has 0 unspecified atom stereocenters. The van der Waals surface area contributed by atoms with Crippen LogP contribution in [0.3, 0.4) is 0 Å². The molecule has 0 spiro atoms. The Bertz CT molecular complexity index is 411. The minimum Gasteiger partial charge on any atom is -0.389 e. The van der Waals surface area contributed by atoms with Gasteiger partial charge in [0.2, 0.25) is 0 Å². The average Bonchev–Trinajstić information content (AvgIpc) is 2.33. The third-order valence-corrected chi connectivity index (χ3v) is 3.58. The van der Waals surface area contributed by atoms with Gasteiger partial charge in [-0.2, -0.15) is 0 Å². The van der Waals surface area contributed by atoms with Gasteiger partial charge in [-0.05, 0) is 36.6 Å². The van der Waals surface area contributed by atoms with Crippen molar-refractivity contribution in [2.75, 3.05) is 26.8 Å². The van der Waals surface area contributed by atoms with Crippen molar-refractivity contribution in [3.63, 3.8) is 0 Å². The lowest BCUT2D eigenvalue weighted by Gasteiger charge is -2.36. The molecule has 1 aromatic rings. The number of hydrogen-bond donors (Lipinski definition) is 1. The van der Waals surface area contributed by atoms with Crippen molar-refractivity contribution in [1.82, 2.24) is 4.90 Å². The van der Waals surface area contributed by atoms with Gasteiger partial charge in [0.15, 0.2) is 0 Å². The number of methoxy groups -OCH3 is 1. The number of β-amino-alcohol motifs (C(OH)–C–C–N with tert-alkyl or cyclic N) is 1. The summed E-state index contributed by atoms with van der Waals surface area (Å²) in [4.78, 5) is 2.21. The Kier molecular flexibility index (Phi) is 4.32. The number of rotatable bonds is 4. The summed E-state index contributed by atoms with van der Waals surface area (Å²) in [5.41, 5.74) is 2.24. The van der Waals surface area contributed by atoms with Crippen LogP contribution in [0, 0.1) is 5.82 Å². The van der Waals surface area contributed by atoms with Crippen molar-refractivity contribution < 1.29 is 14.2 Å². The highest BCUT2D eigenvalue weighted by Gasteiger charge is 2.25. The van der Waals surface area contributed by atoms with Gasteiger partial charge in [0.05, 0.1) is 12.7 Å². The van der Waals surface area contributed by atoms with E-state index in [1.54, 1.807) is 13.2 Å². The summed E-state index contributed by atoms with van der Waals surface area (Å²) in [6.45, 7) is 3.87. The summed E-state index contributed by atoms with van der Waals surface area (Å²) in [5, 5.41) is 9.78. The van der Waals surface area contributed by atoms with Crippen LogP contribution in [0.5, 0.6) is 0 Å². The van der Waals surface area contributed by atoms with Gasteiger partial charge >= 0.3 is 0 Å². The molecule has 0 bridgehead atoms. The van der Waals surface area contributed by atoms with Crippen LogP contribution in [0.4, 0.5) is 4.39 Å². The number of fused-ring (bicyclic) bond motifs is 1. The summed E-state index contributed by atoms with van der Waals surface area (Å²) in [6, 6.07) is 5.18. The average molecular weight is 253 g/mol. The van der Waals surface area contributed by atoms with E-state index in [4.69, 9.17) is 4.74 Å².